The van der Waals surface area contributed by atoms with E-state index in [0.717, 1.165) is 13.1 Å². The summed E-state index contributed by atoms with van der Waals surface area (Å²) in [6.45, 7) is 1.53. The second-order valence-electron chi connectivity index (χ2n) is 7.36. The molecular weight excluding hydrogens is 350 g/mol. The van der Waals surface area contributed by atoms with E-state index in [9.17, 15) is 13.6 Å². The largest absolute Gasteiger partial charge is 0.462 e. The molecule has 1 saturated heterocycles. The third kappa shape index (κ3) is 2.59. The predicted octanol–water partition coefficient (Wildman–Crippen LogP) is 5.25. The van der Waals surface area contributed by atoms with Crippen molar-refractivity contribution in [2.45, 2.75) is 12.8 Å². The van der Waals surface area contributed by atoms with Crippen molar-refractivity contribution in [1.82, 2.24) is 4.90 Å². The van der Waals surface area contributed by atoms with Gasteiger partial charge < -0.3 is 14.6 Å². The fourth-order valence-electron chi connectivity index (χ4n) is 4.26. The Kier molecular flexibility index (Phi) is 3.67. The Hall–Kier alpha value is -2.89. The minimum absolute atomic E-state index is 0.126. The second-order valence-corrected chi connectivity index (χ2v) is 7.36. The number of nitrogens with one attached hydrogen (secondary N) is 1. The molecule has 0 spiro atoms. The maximum atomic E-state index is 14.3. The molecule has 2 aromatic carbocycles. The fourth-order valence-corrected chi connectivity index (χ4v) is 4.26. The second kappa shape index (κ2) is 6.08. The number of carbonyl (C=O) groups excluding carboxylic acids is 1. The Morgan fingerprint density at radius 3 is 2.37 bits per heavy atom. The van der Waals surface area contributed by atoms with Crippen molar-refractivity contribution < 1.29 is 18.0 Å². The van der Waals surface area contributed by atoms with E-state index in [1.807, 2.05) is 4.90 Å². The van der Waals surface area contributed by atoms with Gasteiger partial charge in [-0.1, -0.05) is 18.2 Å². The van der Waals surface area contributed by atoms with Gasteiger partial charge in [0.25, 0.3) is 0 Å². The van der Waals surface area contributed by atoms with Crippen molar-refractivity contribution in [2.24, 2.45) is 11.8 Å². The first-order valence-corrected chi connectivity index (χ1v) is 9.12. The lowest BCUT2D eigenvalue weighted by Gasteiger charge is -2.27. The monoisotopic (exact) mass is 368 g/mol. The lowest BCUT2D eigenvalue weighted by Crippen LogP contribution is -2.32. The number of amides is 2. The zero-order valence-corrected chi connectivity index (χ0v) is 14.5. The van der Waals surface area contributed by atoms with Gasteiger partial charge in [-0.15, -0.1) is 0 Å². The Balaban J connectivity index is 1.53. The number of rotatable bonds is 2. The van der Waals surface area contributed by atoms with Gasteiger partial charge >= 0.3 is 6.03 Å². The Bertz CT molecular complexity index is 1010. The molecule has 1 aliphatic carbocycles. The molecule has 1 aliphatic heterocycles. The molecule has 0 radical (unpaired) electrons. The average molecular weight is 368 g/mol. The highest BCUT2D eigenvalue weighted by Crippen LogP contribution is 2.41. The molecule has 4 nitrogen and oxygen atoms in total. The number of anilines is 1. The summed E-state index contributed by atoms with van der Waals surface area (Å²) in [5.41, 5.74) is 1.12. The molecule has 1 aromatic heterocycles. The molecule has 3 aromatic rings. The number of hydrogen-bond donors (Lipinski definition) is 1. The van der Waals surface area contributed by atoms with Crippen LogP contribution in [0, 0.1) is 23.5 Å². The molecule has 6 heteroatoms. The average Bonchev–Trinajstić information content (AvgIpc) is 3.17. The first kappa shape index (κ1) is 16.3. The quantitative estimate of drug-likeness (QED) is 0.671. The van der Waals surface area contributed by atoms with Gasteiger partial charge in [-0.2, -0.15) is 0 Å². The maximum absolute atomic E-state index is 14.3. The van der Waals surface area contributed by atoms with E-state index >= 15 is 0 Å². The van der Waals surface area contributed by atoms with Gasteiger partial charge in [0, 0.05) is 18.7 Å². The number of nitrogens with zero attached hydrogens (tertiary/aromatic N) is 1. The Morgan fingerprint density at radius 1 is 1.04 bits per heavy atom. The van der Waals surface area contributed by atoms with E-state index in [2.05, 4.69) is 5.32 Å². The number of likely N-dealkylation sites (tertiary alicyclic amines) is 1. The van der Waals surface area contributed by atoms with Crippen LogP contribution in [0.25, 0.3) is 22.1 Å². The topological polar surface area (TPSA) is 45.5 Å². The van der Waals surface area contributed by atoms with Gasteiger partial charge in [0.1, 0.15) is 23.5 Å². The van der Waals surface area contributed by atoms with Crippen LogP contribution in [-0.2, 0) is 0 Å². The molecule has 27 heavy (non-hydrogen) atoms. The fraction of sp³-hybridized carbons (Fsp3) is 0.286. The minimum atomic E-state index is -0.655. The van der Waals surface area contributed by atoms with Gasteiger partial charge in [0.2, 0.25) is 0 Å². The lowest BCUT2D eigenvalue weighted by atomic mass is 9.77. The van der Waals surface area contributed by atoms with Crippen molar-refractivity contribution in [3.63, 3.8) is 0 Å². The third-order valence-corrected chi connectivity index (χ3v) is 5.84. The summed E-state index contributed by atoms with van der Waals surface area (Å²) in [5, 5.41) is 3.37. The van der Waals surface area contributed by atoms with E-state index in [4.69, 9.17) is 4.42 Å². The number of hydrogen-bond acceptors (Lipinski definition) is 2. The highest BCUT2D eigenvalue weighted by Gasteiger charge is 2.41. The number of benzene rings is 2. The molecule has 1 N–H and O–H groups in total. The normalized spacial score (nSPS) is 21.2. The SMILES string of the molecule is O=C(Nc1coc2cccc(-c3c(F)cccc3F)c12)N1CC2CCC2C1. The van der Waals surface area contributed by atoms with Gasteiger partial charge in [-0.25, -0.2) is 13.6 Å². The Labute approximate surface area is 154 Å². The molecule has 5 rings (SSSR count). The zero-order chi connectivity index (χ0) is 18.5. The van der Waals surface area contributed by atoms with Crippen LogP contribution in [0.5, 0.6) is 0 Å². The van der Waals surface area contributed by atoms with Crippen LogP contribution in [0.2, 0.25) is 0 Å². The highest BCUT2D eigenvalue weighted by molar-refractivity contribution is 6.07. The summed E-state index contributed by atoms with van der Waals surface area (Å²) in [6, 6.07) is 8.58. The van der Waals surface area contributed by atoms with Crippen molar-refractivity contribution in [3.05, 3.63) is 54.3 Å². The molecule has 2 unspecified atom stereocenters. The van der Waals surface area contributed by atoms with Crippen LogP contribution in [-0.4, -0.2) is 24.0 Å². The van der Waals surface area contributed by atoms with E-state index in [-0.39, 0.29) is 11.6 Å². The predicted molar refractivity (Wildman–Crippen MR) is 98.4 cm³/mol. The number of halogens is 2. The van der Waals surface area contributed by atoms with Crippen LogP contribution in [0.4, 0.5) is 19.3 Å². The van der Waals surface area contributed by atoms with E-state index in [1.54, 1.807) is 18.2 Å². The molecule has 2 aliphatic rings. The van der Waals surface area contributed by atoms with Crippen LogP contribution < -0.4 is 5.32 Å². The summed E-state index contributed by atoms with van der Waals surface area (Å²) in [5.74, 6) is -0.0889. The summed E-state index contributed by atoms with van der Waals surface area (Å²) < 4.78 is 34.2. The summed E-state index contributed by atoms with van der Waals surface area (Å²) in [7, 11) is 0. The molecular formula is C21H18F2N2O2. The summed E-state index contributed by atoms with van der Waals surface area (Å²) in [4.78, 5) is 14.5. The van der Waals surface area contributed by atoms with Crippen LogP contribution in [0.1, 0.15) is 12.8 Å². The van der Waals surface area contributed by atoms with E-state index in [1.165, 1.54) is 37.3 Å². The number of fused-ring (bicyclic) bond motifs is 2. The first-order chi connectivity index (χ1) is 13.1. The molecule has 138 valence electrons. The molecule has 0 bridgehead atoms. The number of furan rings is 1. The van der Waals surface area contributed by atoms with Gasteiger partial charge in [-0.3, -0.25) is 0 Å². The van der Waals surface area contributed by atoms with E-state index < -0.39 is 11.6 Å². The third-order valence-electron chi connectivity index (χ3n) is 5.84. The van der Waals surface area contributed by atoms with Crippen molar-refractivity contribution in [1.29, 1.82) is 0 Å². The Morgan fingerprint density at radius 2 is 1.70 bits per heavy atom. The first-order valence-electron chi connectivity index (χ1n) is 9.12. The van der Waals surface area contributed by atoms with E-state index in [0.29, 0.717) is 34.1 Å². The maximum Gasteiger partial charge on any atom is 0.321 e. The van der Waals surface area contributed by atoms with Gasteiger partial charge in [0.15, 0.2) is 0 Å². The van der Waals surface area contributed by atoms with Gasteiger partial charge in [-0.05, 0) is 42.9 Å². The zero-order valence-electron chi connectivity index (χ0n) is 14.5. The standard InChI is InChI=1S/C21H18F2N2O2/c22-15-4-2-5-16(23)19(15)14-3-1-6-18-20(14)17(11-27-18)24-21(26)25-9-12-7-8-13(12)10-25/h1-6,11-13H,7-10H2,(H,24,26). The molecule has 2 amide bonds. The molecule has 2 fully saturated rings. The summed E-state index contributed by atoms with van der Waals surface area (Å²) in [6.07, 6.45) is 3.79. The van der Waals surface area contributed by atoms with Crippen molar-refractivity contribution in [3.8, 4) is 11.1 Å². The number of urea groups is 1. The van der Waals surface area contributed by atoms with Crippen LogP contribution >= 0.6 is 0 Å². The molecule has 1 saturated carbocycles. The van der Waals surface area contributed by atoms with Crippen LogP contribution in [0.3, 0.4) is 0 Å². The lowest BCUT2D eigenvalue weighted by molar-refractivity contribution is 0.221. The van der Waals surface area contributed by atoms with Crippen molar-refractivity contribution >= 4 is 22.7 Å². The van der Waals surface area contributed by atoms with Gasteiger partial charge in [0.05, 0.1) is 16.6 Å². The molecule has 2 heterocycles. The highest BCUT2D eigenvalue weighted by atomic mass is 19.1. The smallest absolute Gasteiger partial charge is 0.321 e. The van der Waals surface area contributed by atoms with Crippen molar-refractivity contribution in [2.75, 3.05) is 18.4 Å². The van der Waals surface area contributed by atoms with Crippen LogP contribution in [0.15, 0.2) is 47.1 Å². The minimum Gasteiger partial charge on any atom is -0.462 e. The summed E-state index contributed by atoms with van der Waals surface area (Å²) >= 11 is 0. The molecule has 2 atom stereocenters. The number of carbonyl (C=O) groups is 1.